The van der Waals surface area contributed by atoms with E-state index < -0.39 is 0 Å². The van der Waals surface area contributed by atoms with E-state index in [4.69, 9.17) is 4.42 Å². The number of carbonyl (C=O) groups excluding carboxylic acids is 2. The van der Waals surface area contributed by atoms with Crippen molar-refractivity contribution in [2.45, 2.75) is 44.9 Å². The summed E-state index contributed by atoms with van der Waals surface area (Å²) < 4.78 is 5.27. The summed E-state index contributed by atoms with van der Waals surface area (Å²) in [5.41, 5.74) is 1.20. The van der Waals surface area contributed by atoms with Crippen molar-refractivity contribution < 1.29 is 14.0 Å². The molecule has 4 heteroatoms. The van der Waals surface area contributed by atoms with Crippen LogP contribution in [0.25, 0.3) is 0 Å². The van der Waals surface area contributed by atoms with Crippen LogP contribution < -0.4 is 5.32 Å². The van der Waals surface area contributed by atoms with Crippen LogP contribution in [0.15, 0.2) is 47.1 Å². The van der Waals surface area contributed by atoms with E-state index in [0.717, 1.165) is 31.4 Å². The van der Waals surface area contributed by atoms with Crippen molar-refractivity contribution in [3.8, 4) is 0 Å². The Bertz CT molecular complexity index is 685. The van der Waals surface area contributed by atoms with Gasteiger partial charge in [0.2, 0.25) is 5.91 Å². The zero-order valence-corrected chi connectivity index (χ0v) is 13.8. The molecule has 1 aliphatic carbocycles. The minimum Gasteiger partial charge on any atom is -0.469 e. The second-order valence-corrected chi connectivity index (χ2v) is 6.37. The van der Waals surface area contributed by atoms with Crippen LogP contribution in [0.3, 0.4) is 0 Å². The molecule has 1 N–H and O–H groups in total. The third kappa shape index (κ3) is 4.13. The van der Waals surface area contributed by atoms with E-state index in [1.165, 1.54) is 6.42 Å². The SMILES string of the molecule is O=C(CCc1ccco1)c1ccccc1NC(=O)C1CCCCC1. The second-order valence-electron chi connectivity index (χ2n) is 6.37. The van der Waals surface area contributed by atoms with E-state index in [1.54, 1.807) is 18.4 Å². The fourth-order valence-electron chi connectivity index (χ4n) is 3.26. The quantitative estimate of drug-likeness (QED) is 0.789. The fourth-order valence-corrected chi connectivity index (χ4v) is 3.26. The Kier molecular flexibility index (Phi) is 5.47. The molecule has 1 aromatic heterocycles. The van der Waals surface area contributed by atoms with Gasteiger partial charge in [-0.15, -0.1) is 0 Å². The summed E-state index contributed by atoms with van der Waals surface area (Å²) in [4.78, 5) is 25.0. The molecule has 0 bridgehead atoms. The number of hydrogen-bond acceptors (Lipinski definition) is 3. The summed E-state index contributed by atoms with van der Waals surface area (Å²) in [6.45, 7) is 0. The van der Waals surface area contributed by atoms with Crippen molar-refractivity contribution in [2.24, 2.45) is 5.92 Å². The van der Waals surface area contributed by atoms with Gasteiger partial charge in [-0.25, -0.2) is 0 Å². The molecule has 1 saturated carbocycles. The zero-order valence-electron chi connectivity index (χ0n) is 13.8. The van der Waals surface area contributed by atoms with Crippen molar-refractivity contribution in [1.29, 1.82) is 0 Å². The minimum atomic E-state index is 0.0194. The highest BCUT2D eigenvalue weighted by atomic mass is 16.3. The van der Waals surface area contributed by atoms with Crippen LogP contribution >= 0.6 is 0 Å². The molecule has 0 aliphatic heterocycles. The topological polar surface area (TPSA) is 59.3 Å². The van der Waals surface area contributed by atoms with E-state index in [9.17, 15) is 9.59 Å². The Labute approximate surface area is 142 Å². The summed E-state index contributed by atoms with van der Waals surface area (Å²) in [5, 5.41) is 2.97. The predicted octanol–water partition coefficient (Wildman–Crippen LogP) is 4.61. The highest BCUT2D eigenvalue weighted by Crippen LogP contribution is 2.26. The lowest BCUT2D eigenvalue weighted by Gasteiger charge is -2.21. The summed E-state index contributed by atoms with van der Waals surface area (Å²) in [6.07, 6.45) is 7.87. The van der Waals surface area contributed by atoms with Gasteiger partial charge >= 0.3 is 0 Å². The minimum absolute atomic E-state index is 0.0194. The average molecular weight is 325 g/mol. The molecule has 3 rings (SSSR count). The van der Waals surface area contributed by atoms with Crippen molar-refractivity contribution >= 4 is 17.4 Å². The molecule has 1 fully saturated rings. The second kappa shape index (κ2) is 7.95. The van der Waals surface area contributed by atoms with Gasteiger partial charge in [-0.1, -0.05) is 31.4 Å². The molecule has 0 spiro atoms. The average Bonchev–Trinajstić information content (AvgIpc) is 3.14. The van der Waals surface area contributed by atoms with Crippen LogP contribution in [0.1, 0.15) is 54.6 Å². The predicted molar refractivity (Wildman–Crippen MR) is 93.0 cm³/mol. The summed E-state index contributed by atoms with van der Waals surface area (Å²) in [7, 11) is 0. The Morgan fingerprint density at radius 1 is 1.04 bits per heavy atom. The number of benzene rings is 1. The van der Waals surface area contributed by atoms with Crippen LogP contribution in [0, 0.1) is 5.92 Å². The molecule has 1 aliphatic rings. The van der Waals surface area contributed by atoms with Gasteiger partial charge in [-0.2, -0.15) is 0 Å². The van der Waals surface area contributed by atoms with Gasteiger partial charge in [-0.3, -0.25) is 9.59 Å². The lowest BCUT2D eigenvalue weighted by molar-refractivity contribution is -0.120. The number of furan rings is 1. The van der Waals surface area contributed by atoms with E-state index in [0.29, 0.717) is 24.1 Å². The monoisotopic (exact) mass is 325 g/mol. The van der Waals surface area contributed by atoms with Gasteiger partial charge in [0, 0.05) is 24.3 Å². The molecule has 1 aromatic carbocycles. The Balaban J connectivity index is 1.65. The van der Waals surface area contributed by atoms with E-state index in [1.807, 2.05) is 24.3 Å². The van der Waals surface area contributed by atoms with Crippen LogP contribution in [0.4, 0.5) is 5.69 Å². The third-order valence-electron chi connectivity index (χ3n) is 4.64. The molecule has 1 heterocycles. The number of amides is 1. The number of Topliss-reactive ketones (excluding diaryl/α,β-unsaturated/α-hetero) is 1. The molecule has 126 valence electrons. The summed E-state index contributed by atoms with van der Waals surface area (Å²) >= 11 is 0. The first-order chi connectivity index (χ1) is 11.7. The van der Waals surface area contributed by atoms with Crippen molar-refractivity contribution in [1.82, 2.24) is 0 Å². The maximum Gasteiger partial charge on any atom is 0.227 e. The first-order valence-corrected chi connectivity index (χ1v) is 8.69. The van der Waals surface area contributed by atoms with Gasteiger partial charge in [0.15, 0.2) is 5.78 Å². The Morgan fingerprint density at radius 2 is 1.83 bits per heavy atom. The fraction of sp³-hybridized carbons (Fsp3) is 0.400. The van der Waals surface area contributed by atoms with Crippen LogP contribution in [0.2, 0.25) is 0 Å². The number of aryl methyl sites for hydroxylation is 1. The van der Waals surface area contributed by atoms with Crippen LogP contribution in [0.5, 0.6) is 0 Å². The number of anilines is 1. The van der Waals surface area contributed by atoms with E-state index in [2.05, 4.69) is 5.32 Å². The number of rotatable bonds is 6. The van der Waals surface area contributed by atoms with Crippen LogP contribution in [-0.2, 0) is 11.2 Å². The summed E-state index contributed by atoms with van der Waals surface area (Å²) in [5.74, 6) is 0.934. The molecule has 4 nitrogen and oxygen atoms in total. The highest BCUT2D eigenvalue weighted by molar-refractivity contribution is 6.05. The lowest BCUT2D eigenvalue weighted by atomic mass is 9.88. The molecule has 0 atom stereocenters. The Hall–Kier alpha value is -2.36. The van der Waals surface area contributed by atoms with Gasteiger partial charge in [0.1, 0.15) is 5.76 Å². The van der Waals surface area contributed by atoms with Crippen molar-refractivity contribution in [3.63, 3.8) is 0 Å². The van der Waals surface area contributed by atoms with Gasteiger partial charge in [-0.05, 0) is 37.1 Å². The first-order valence-electron chi connectivity index (χ1n) is 8.69. The number of carbonyl (C=O) groups is 2. The molecule has 1 amide bonds. The standard InChI is InChI=1S/C20H23NO3/c22-19(13-12-16-9-6-14-24-16)17-10-4-5-11-18(17)21-20(23)15-7-2-1-3-8-15/h4-6,9-11,14-15H,1-3,7-8,12-13H2,(H,21,23). The lowest BCUT2D eigenvalue weighted by Crippen LogP contribution is -2.25. The third-order valence-corrected chi connectivity index (χ3v) is 4.64. The molecule has 0 unspecified atom stereocenters. The number of ketones is 1. The molecule has 24 heavy (non-hydrogen) atoms. The van der Waals surface area contributed by atoms with Gasteiger partial charge < -0.3 is 9.73 Å². The van der Waals surface area contributed by atoms with Gasteiger partial charge in [0.05, 0.1) is 12.0 Å². The maximum absolute atomic E-state index is 12.5. The van der Waals surface area contributed by atoms with Crippen molar-refractivity contribution in [2.75, 3.05) is 5.32 Å². The van der Waals surface area contributed by atoms with Crippen LogP contribution in [-0.4, -0.2) is 11.7 Å². The normalized spacial score (nSPS) is 15.2. The first kappa shape index (κ1) is 16.5. The largest absolute Gasteiger partial charge is 0.469 e. The highest BCUT2D eigenvalue weighted by Gasteiger charge is 2.22. The molecule has 0 radical (unpaired) electrons. The van der Waals surface area contributed by atoms with Crippen molar-refractivity contribution in [3.05, 3.63) is 54.0 Å². The number of nitrogens with one attached hydrogen (secondary N) is 1. The zero-order chi connectivity index (χ0) is 16.8. The smallest absolute Gasteiger partial charge is 0.227 e. The van der Waals surface area contributed by atoms with Gasteiger partial charge in [0.25, 0.3) is 0 Å². The summed E-state index contributed by atoms with van der Waals surface area (Å²) in [6, 6.07) is 10.9. The van der Waals surface area contributed by atoms with E-state index >= 15 is 0 Å². The molecule has 2 aromatic rings. The van der Waals surface area contributed by atoms with E-state index in [-0.39, 0.29) is 17.6 Å². The molecular formula is C20H23NO3. The number of hydrogen-bond donors (Lipinski definition) is 1. The molecule has 0 saturated heterocycles. The Morgan fingerprint density at radius 3 is 2.58 bits per heavy atom. The maximum atomic E-state index is 12.5. The molecular weight excluding hydrogens is 302 g/mol. The number of para-hydroxylation sites is 1.